The molecule has 0 saturated heterocycles. The first-order chi connectivity index (χ1) is 9.06. The summed E-state index contributed by atoms with van der Waals surface area (Å²) >= 11 is 0. The van der Waals surface area contributed by atoms with Gasteiger partial charge in [-0.05, 0) is 49.7 Å². The Morgan fingerprint density at radius 2 is 2.05 bits per heavy atom. The summed E-state index contributed by atoms with van der Waals surface area (Å²) in [4.78, 5) is 6.53. The molecule has 0 bridgehead atoms. The highest BCUT2D eigenvalue weighted by molar-refractivity contribution is 5.41. The number of hydrogen-bond donors (Lipinski definition) is 1. The number of rotatable bonds is 4. The first-order valence-corrected chi connectivity index (χ1v) is 6.52. The predicted octanol–water partition coefficient (Wildman–Crippen LogP) is 3.17. The molecule has 1 unspecified atom stereocenters. The Morgan fingerprint density at radius 3 is 2.74 bits per heavy atom. The van der Waals surface area contributed by atoms with Crippen molar-refractivity contribution in [3.05, 3.63) is 59.4 Å². The fourth-order valence-corrected chi connectivity index (χ4v) is 2.20. The van der Waals surface area contributed by atoms with Gasteiger partial charge in [0.1, 0.15) is 0 Å². The van der Waals surface area contributed by atoms with Gasteiger partial charge in [-0.2, -0.15) is 0 Å². The molecule has 1 aromatic carbocycles. The van der Waals surface area contributed by atoms with Crippen LogP contribution in [-0.2, 0) is 6.54 Å². The van der Waals surface area contributed by atoms with E-state index >= 15 is 0 Å². The quantitative estimate of drug-likeness (QED) is 0.853. The summed E-state index contributed by atoms with van der Waals surface area (Å²) in [6.45, 7) is 5.14. The van der Waals surface area contributed by atoms with Crippen LogP contribution < -0.4 is 5.73 Å². The van der Waals surface area contributed by atoms with Crippen LogP contribution in [0, 0.1) is 6.92 Å². The molecular weight excluding hydrogens is 234 g/mol. The number of anilines is 1. The lowest BCUT2D eigenvalue weighted by molar-refractivity contribution is 0.253. The van der Waals surface area contributed by atoms with Crippen LogP contribution in [0.2, 0.25) is 0 Å². The van der Waals surface area contributed by atoms with Crippen molar-refractivity contribution in [1.29, 1.82) is 0 Å². The molecule has 0 fully saturated rings. The molecular formula is C16H21N3. The maximum atomic E-state index is 5.84. The Morgan fingerprint density at radius 1 is 1.26 bits per heavy atom. The van der Waals surface area contributed by atoms with Crippen molar-refractivity contribution in [3.63, 3.8) is 0 Å². The molecule has 19 heavy (non-hydrogen) atoms. The van der Waals surface area contributed by atoms with Gasteiger partial charge in [0, 0.05) is 30.7 Å². The van der Waals surface area contributed by atoms with E-state index in [2.05, 4.69) is 42.9 Å². The molecule has 0 amide bonds. The SMILES string of the molecule is Cc1cncc(CN(C)C(C)c2cccc(N)c2)c1. The number of nitrogens with two attached hydrogens (primary N) is 1. The van der Waals surface area contributed by atoms with Gasteiger partial charge in [-0.1, -0.05) is 18.2 Å². The summed E-state index contributed by atoms with van der Waals surface area (Å²) in [5.41, 5.74) is 10.3. The summed E-state index contributed by atoms with van der Waals surface area (Å²) in [5, 5.41) is 0. The Hall–Kier alpha value is -1.87. The Bertz CT molecular complexity index is 551. The van der Waals surface area contributed by atoms with Gasteiger partial charge < -0.3 is 5.73 Å². The highest BCUT2D eigenvalue weighted by Gasteiger charge is 2.12. The normalized spacial score (nSPS) is 12.6. The third-order valence-corrected chi connectivity index (χ3v) is 3.42. The van der Waals surface area contributed by atoms with Crippen molar-refractivity contribution in [2.45, 2.75) is 26.4 Å². The van der Waals surface area contributed by atoms with Crippen LogP contribution >= 0.6 is 0 Å². The number of benzene rings is 1. The summed E-state index contributed by atoms with van der Waals surface area (Å²) in [6.07, 6.45) is 3.81. The molecule has 2 aromatic rings. The van der Waals surface area contributed by atoms with Crippen LogP contribution in [0.3, 0.4) is 0 Å². The van der Waals surface area contributed by atoms with Crippen LogP contribution in [0.1, 0.15) is 29.7 Å². The standard InChI is InChI=1S/C16H21N3/c1-12-7-14(10-18-9-12)11-19(3)13(2)15-5-4-6-16(17)8-15/h4-10,13H,11,17H2,1-3H3. The zero-order valence-electron chi connectivity index (χ0n) is 11.8. The first-order valence-electron chi connectivity index (χ1n) is 6.52. The summed E-state index contributed by atoms with van der Waals surface area (Å²) in [6, 6.07) is 10.6. The van der Waals surface area contributed by atoms with Crippen molar-refractivity contribution in [2.75, 3.05) is 12.8 Å². The number of hydrogen-bond acceptors (Lipinski definition) is 3. The second-order valence-electron chi connectivity index (χ2n) is 5.13. The lowest BCUT2D eigenvalue weighted by Crippen LogP contribution is -2.22. The molecule has 0 radical (unpaired) electrons. The van der Waals surface area contributed by atoms with Gasteiger partial charge in [-0.25, -0.2) is 0 Å². The summed E-state index contributed by atoms with van der Waals surface area (Å²) in [7, 11) is 2.12. The van der Waals surface area contributed by atoms with E-state index in [1.54, 1.807) is 0 Å². The summed E-state index contributed by atoms with van der Waals surface area (Å²) in [5.74, 6) is 0. The summed E-state index contributed by atoms with van der Waals surface area (Å²) < 4.78 is 0. The third kappa shape index (κ3) is 3.55. The second-order valence-corrected chi connectivity index (χ2v) is 5.13. The molecule has 0 spiro atoms. The van der Waals surface area contributed by atoms with Crippen LogP contribution in [0.25, 0.3) is 0 Å². The molecule has 3 heteroatoms. The Balaban J connectivity index is 2.09. The first kappa shape index (κ1) is 13.6. The smallest absolute Gasteiger partial charge is 0.0321 e. The van der Waals surface area contributed by atoms with Crippen molar-refractivity contribution in [2.24, 2.45) is 0 Å². The van der Waals surface area contributed by atoms with E-state index in [-0.39, 0.29) is 0 Å². The maximum Gasteiger partial charge on any atom is 0.0321 e. The zero-order valence-corrected chi connectivity index (χ0v) is 11.8. The molecule has 0 aliphatic heterocycles. The number of nitrogens with zero attached hydrogens (tertiary/aromatic N) is 2. The average Bonchev–Trinajstić information content (AvgIpc) is 2.38. The topological polar surface area (TPSA) is 42.2 Å². The Kier molecular flexibility index (Phi) is 4.17. The molecule has 2 N–H and O–H groups in total. The van der Waals surface area contributed by atoms with Crippen molar-refractivity contribution < 1.29 is 0 Å². The lowest BCUT2D eigenvalue weighted by Gasteiger charge is -2.25. The number of nitrogen functional groups attached to an aromatic ring is 1. The zero-order chi connectivity index (χ0) is 13.8. The van der Waals surface area contributed by atoms with E-state index in [0.29, 0.717) is 6.04 Å². The van der Waals surface area contributed by atoms with E-state index in [9.17, 15) is 0 Å². The third-order valence-electron chi connectivity index (χ3n) is 3.42. The molecule has 1 atom stereocenters. The van der Waals surface area contributed by atoms with Gasteiger partial charge in [0.2, 0.25) is 0 Å². The van der Waals surface area contributed by atoms with Crippen molar-refractivity contribution >= 4 is 5.69 Å². The van der Waals surface area contributed by atoms with Gasteiger partial charge in [-0.3, -0.25) is 9.88 Å². The molecule has 1 heterocycles. The highest BCUT2D eigenvalue weighted by Crippen LogP contribution is 2.22. The van der Waals surface area contributed by atoms with E-state index in [1.165, 1.54) is 16.7 Å². The van der Waals surface area contributed by atoms with Crippen LogP contribution in [0.5, 0.6) is 0 Å². The average molecular weight is 255 g/mol. The Labute approximate surface area is 115 Å². The number of pyridine rings is 1. The molecule has 0 aliphatic carbocycles. The monoisotopic (exact) mass is 255 g/mol. The van der Waals surface area contributed by atoms with Gasteiger partial charge >= 0.3 is 0 Å². The van der Waals surface area contributed by atoms with E-state index in [1.807, 2.05) is 30.6 Å². The van der Waals surface area contributed by atoms with E-state index < -0.39 is 0 Å². The second kappa shape index (κ2) is 5.85. The molecule has 1 aromatic heterocycles. The number of aromatic nitrogens is 1. The maximum absolute atomic E-state index is 5.84. The van der Waals surface area contributed by atoms with Crippen LogP contribution in [0.15, 0.2) is 42.7 Å². The fourth-order valence-electron chi connectivity index (χ4n) is 2.20. The minimum atomic E-state index is 0.323. The highest BCUT2D eigenvalue weighted by atomic mass is 15.1. The molecule has 0 saturated carbocycles. The molecule has 100 valence electrons. The van der Waals surface area contributed by atoms with E-state index in [0.717, 1.165) is 12.2 Å². The minimum Gasteiger partial charge on any atom is -0.399 e. The van der Waals surface area contributed by atoms with Crippen molar-refractivity contribution in [1.82, 2.24) is 9.88 Å². The lowest BCUT2D eigenvalue weighted by atomic mass is 10.1. The van der Waals surface area contributed by atoms with Crippen molar-refractivity contribution in [3.8, 4) is 0 Å². The fraction of sp³-hybridized carbons (Fsp3) is 0.312. The van der Waals surface area contributed by atoms with Gasteiger partial charge in [0.05, 0.1) is 0 Å². The van der Waals surface area contributed by atoms with Gasteiger partial charge in [-0.15, -0.1) is 0 Å². The largest absolute Gasteiger partial charge is 0.399 e. The molecule has 3 nitrogen and oxygen atoms in total. The molecule has 0 aliphatic rings. The predicted molar refractivity (Wildman–Crippen MR) is 79.7 cm³/mol. The van der Waals surface area contributed by atoms with Gasteiger partial charge in [0.15, 0.2) is 0 Å². The van der Waals surface area contributed by atoms with Crippen LogP contribution in [0.4, 0.5) is 5.69 Å². The van der Waals surface area contributed by atoms with Gasteiger partial charge in [0.25, 0.3) is 0 Å². The minimum absolute atomic E-state index is 0.323. The molecule has 2 rings (SSSR count). The van der Waals surface area contributed by atoms with Crippen LogP contribution in [-0.4, -0.2) is 16.9 Å². The number of aryl methyl sites for hydroxylation is 1. The van der Waals surface area contributed by atoms with E-state index in [4.69, 9.17) is 5.73 Å².